The fourth-order valence-electron chi connectivity index (χ4n) is 2.80. The van der Waals surface area contributed by atoms with Crippen LogP contribution in [-0.2, 0) is 27.4 Å². The monoisotopic (exact) mass is 322 g/mol. The molecular formula is C15H22N4O4. The average molecular weight is 322 g/mol. The molecule has 0 spiro atoms. The van der Waals surface area contributed by atoms with E-state index in [9.17, 15) is 9.59 Å². The molecule has 2 fully saturated rings. The number of nitrogens with zero attached hydrogens (tertiary/aromatic N) is 3. The summed E-state index contributed by atoms with van der Waals surface area (Å²) in [5, 5.41) is 6.68. The smallest absolute Gasteiger partial charge is 0.252 e. The predicted octanol–water partition coefficient (Wildman–Crippen LogP) is 0.418. The zero-order chi connectivity index (χ0) is 16.2. The van der Waals surface area contributed by atoms with Crippen molar-refractivity contribution in [3.8, 4) is 0 Å². The number of carbonyl (C=O) groups is 2. The Bertz CT molecular complexity index is 568. The first-order valence-corrected chi connectivity index (χ1v) is 8.14. The van der Waals surface area contributed by atoms with Crippen molar-refractivity contribution >= 4 is 11.8 Å². The lowest BCUT2D eigenvalue weighted by Gasteiger charge is -2.39. The molecule has 2 saturated heterocycles. The zero-order valence-corrected chi connectivity index (χ0v) is 13.3. The average Bonchev–Trinajstić information content (AvgIpc) is 2.93. The lowest BCUT2D eigenvalue weighted by atomic mass is 10.00. The van der Waals surface area contributed by atoms with Crippen LogP contribution in [0.2, 0.25) is 0 Å². The molecule has 0 radical (unpaired) electrons. The van der Waals surface area contributed by atoms with Gasteiger partial charge in [0.15, 0.2) is 5.82 Å². The second kappa shape index (κ2) is 7.08. The molecule has 1 aromatic rings. The molecule has 126 valence electrons. The number of likely N-dealkylation sites (tertiary alicyclic amines) is 1. The summed E-state index contributed by atoms with van der Waals surface area (Å²) in [7, 11) is 0. The number of ether oxygens (including phenoxy) is 1. The van der Waals surface area contributed by atoms with Gasteiger partial charge >= 0.3 is 0 Å². The topological polar surface area (TPSA) is 97.6 Å². The van der Waals surface area contributed by atoms with E-state index in [2.05, 4.69) is 15.5 Å². The van der Waals surface area contributed by atoms with Gasteiger partial charge in [-0.2, -0.15) is 4.98 Å². The molecule has 3 rings (SSSR count). The van der Waals surface area contributed by atoms with Crippen molar-refractivity contribution in [2.75, 3.05) is 13.1 Å². The van der Waals surface area contributed by atoms with Gasteiger partial charge in [0.05, 0.1) is 6.10 Å². The van der Waals surface area contributed by atoms with Crippen LogP contribution in [-0.4, -0.2) is 52.1 Å². The van der Waals surface area contributed by atoms with Gasteiger partial charge in [-0.05, 0) is 12.8 Å². The van der Waals surface area contributed by atoms with Gasteiger partial charge in [0.25, 0.3) is 5.89 Å². The number of nitrogens with one attached hydrogen (secondary N) is 1. The van der Waals surface area contributed by atoms with Crippen LogP contribution in [0.1, 0.15) is 44.3 Å². The summed E-state index contributed by atoms with van der Waals surface area (Å²) < 4.78 is 10.7. The summed E-state index contributed by atoms with van der Waals surface area (Å²) in [5.74, 6) is 1.26. The number of aryl methyl sites for hydroxylation is 1. The Hall–Kier alpha value is -1.96. The zero-order valence-electron chi connectivity index (χ0n) is 13.3. The van der Waals surface area contributed by atoms with E-state index in [0.29, 0.717) is 37.6 Å². The van der Waals surface area contributed by atoms with E-state index >= 15 is 0 Å². The van der Waals surface area contributed by atoms with Crippen LogP contribution in [0.25, 0.3) is 0 Å². The Kier molecular flexibility index (Phi) is 4.90. The van der Waals surface area contributed by atoms with Crippen LogP contribution in [0.3, 0.4) is 0 Å². The highest BCUT2D eigenvalue weighted by Crippen LogP contribution is 2.18. The fourth-order valence-corrected chi connectivity index (χ4v) is 2.80. The molecule has 2 aliphatic rings. The Morgan fingerprint density at radius 3 is 3.00 bits per heavy atom. The molecule has 3 heterocycles. The van der Waals surface area contributed by atoms with Gasteiger partial charge in [0.2, 0.25) is 11.8 Å². The number of hydrogen-bond acceptors (Lipinski definition) is 6. The normalized spacial score (nSPS) is 21.9. The third-order valence-corrected chi connectivity index (χ3v) is 4.21. The highest BCUT2D eigenvalue weighted by molar-refractivity contribution is 5.81. The first kappa shape index (κ1) is 15.9. The van der Waals surface area contributed by atoms with E-state index in [-0.39, 0.29) is 30.6 Å². The molecule has 8 nitrogen and oxygen atoms in total. The van der Waals surface area contributed by atoms with Crippen LogP contribution in [0, 0.1) is 0 Å². The van der Waals surface area contributed by atoms with E-state index < -0.39 is 0 Å². The van der Waals surface area contributed by atoms with E-state index in [1.807, 2.05) is 6.92 Å². The molecule has 0 aliphatic carbocycles. The standard InChI is InChI=1S/C15H22N4O4/c1-2-12-17-14(23-18-12)9-22-11-7-19(8-11)15(21)6-10-4-3-5-13(20)16-10/h10-11H,2-9H2,1H3,(H,16,20). The first-order chi connectivity index (χ1) is 11.1. The molecular weight excluding hydrogens is 300 g/mol. The van der Waals surface area contributed by atoms with Crippen molar-refractivity contribution in [3.63, 3.8) is 0 Å². The Labute approximate surface area is 134 Å². The number of amides is 2. The van der Waals surface area contributed by atoms with Gasteiger partial charge in [-0.1, -0.05) is 12.1 Å². The van der Waals surface area contributed by atoms with Gasteiger partial charge in [0.1, 0.15) is 6.61 Å². The van der Waals surface area contributed by atoms with Crippen molar-refractivity contribution in [2.24, 2.45) is 0 Å². The molecule has 0 bridgehead atoms. The molecule has 2 amide bonds. The maximum Gasteiger partial charge on any atom is 0.252 e. The van der Waals surface area contributed by atoms with Crippen molar-refractivity contribution < 1.29 is 18.8 Å². The maximum absolute atomic E-state index is 12.1. The van der Waals surface area contributed by atoms with E-state index in [4.69, 9.17) is 9.26 Å². The van der Waals surface area contributed by atoms with Gasteiger partial charge in [-0.25, -0.2) is 0 Å². The molecule has 0 saturated carbocycles. The molecule has 23 heavy (non-hydrogen) atoms. The number of aromatic nitrogens is 2. The summed E-state index contributed by atoms with van der Waals surface area (Å²) in [6, 6.07) is -0.0189. The number of rotatable bonds is 6. The molecule has 1 aromatic heterocycles. The van der Waals surface area contributed by atoms with Crippen LogP contribution >= 0.6 is 0 Å². The molecule has 1 N–H and O–H groups in total. The summed E-state index contributed by atoms with van der Waals surface area (Å²) in [5.41, 5.74) is 0. The largest absolute Gasteiger partial charge is 0.365 e. The third kappa shape index (κ3) is 4.07. The summed E-state index contributed by atoms with van der Waals surface area (Å²) >= 11 is 0. The van der Waals surface area contributed by atoms with Crippen molar-refractivity contribution in [1.29, 1.82) is 0 Å². The lowest BCUT2D eigenvalue weighted by molar-refractivity contribution is -0.147. The van der Waals surface area contributed by atoms with Crippen molar-refractivity contribution in [2.45, 2.75) is 57.8 Å². The quantitative estimate of drug-likeness (QED) is 0.815. The number of piperidine rings is 1. The van der Waals surface area contributed by atoms with Crippen LogP contribution in [0.5, 0.6) is 0 Å². The second-order valence-corrected chi connectivity index (χ2v) is 6.05. The second-order valence-electron chi connectivity index (χ2n) is 6.05. The van der Waals surface area contributed by atoms with Gasteiger partial charge < -0.3 is 19.5 Å². The minimum atomic E-state index is -0.0189. The SMILES string of the molecule is CCc1noc(COC2CN(C(=O)CC3CCCC(=O)N3)C2)n1. The summed E-state index contributed by atoms with van der Waals surface area (Å²) in [6.07, 6.45) is 3.42. The maximum atomic E-state index is 12.1. The highest BCUT2D eigenvalue weighted by Gasteiger charge is 2.33. The van der Waals surface area contributed by atoms with E-state index in [1.54, 1.807) is 4.90 Å². The Morgan fingerprint density at radius 2 is 2.30 bits per heavy atom. The lowest BCUT2D eigenvalue weighted by Crippen LogP contribution is -2.56. The highest BCUT2D eigenvalue weighted by atomic mass is 16.5. The van der Waals surface area contributed by atoms with Crippen molar-refractivity contribution in [1.82, 2.24) is 20.4 Å². The summed E-state index contributed by atoms with van der Waals surface area (Å²) in [6.45, 7) is 3.39. The Balaban J connectivity index is 1.35. The van der Waals surface area contributed by atoms with E-state index in [0.717, 1.165) is 19.3 Å². The molecule has 1 atom stereocenters. The summed E-state index contributed by atoms with van der Waals surface area (Å²) in [4.78, 5) is 29.4. The van der Waals surface area contributed by atoms with Gasteiger partial charge in [-0.3, -0.25) is 9.59 Å². The fraction of sp³-hybridized carbons (Fsp3) is 0.733. The van der Waals surface area contributed by atoms with Crippen LogP contribution in [0.15, 0.2) is 4.52 Å². The van der Waals surface area contributed by atoms with E-state index in [1.165, 1.54) is 0 Å². The molecule has 8 heteroatoms. The van der Waals surface area contributed by atoms with Crippen LogP contribution < -0.4 is 5.32 Å². The van der Waals surface area contributed by atoms with Gasteiger partial charge in [-0.15, -0.1) is 0 Å². The predicted molar refractivity (Wildman–Crippen MR) is 79.2 cm³/mol. The van der Waals surface area contributed by atoms with Crippen LogP contribution in [0.4, 0.5) is 0 Å². The minimum Gasteiger partial charge on any atom is -0.365 e. The first-order valence-electron chi connectivity index (χ1n) is 8.14. The Morgan fingerprint density at radius 1 is 1.48 bits per heavy atom. The third-order valence-electron chi connectivity index (χ3n) is 4.21. The number of hydrogen-bond donors (Lipinski definition) is 1. The number of carbonyl (C=O) groups excluding carboxylic acids is 2. The molecule has 2 aliphatic heterocycles. The molecule has 1 unspecified atom stereocenters. The minimum absolute atomic E-state index is 0.0110. The molecule has 0 aromatic carbocycles. The van der Waals surface area contributed by atoms with Crippen molar-refractivity contribution in [3.05, 3.63) is 11.7 Å². The van der Waals surface area contributed by atoms with Gasteiger partial charge in [0, 0.05) is 38.4 Å².